The Kier molecular flexibility index (Phi) is 5.12. The van der Waals surface area contributed by atoms with Crippen molar-refractivity contribution >= 4 is 0 Å². The minimum atomic E-state index is -2.70. The van der Waals surface area contributed by atoms with Crippen LogP contribution in [0, 0.1) is 11.3 Å². The summed E-state index contributed by atoms with van der Waals surface area (Å²) in [7, 11) is 0. The molecule has 2 heteroatoms. The van der Waals surface area contributed by atoms with Crippen LogP contribution < -0.4 is 0 Å². The molecule has 0 saturated carbocycles. The molecule has 0 nitrogen and oxygen atoms in total. The zero-order chi connectivity index (χ0) is 13.8. The Bertz CT molecular complexity index is 314. The predicted molar refractivity (Wildman–Crippen MR) is 73.9 cm³/mol. The first-order valence-electron chi connectivity index (χ1n) is 7.10. The minimum absolute atomic E-state index is 0.175. The second-order valence-corrected chi connectivity index (χ2v) is 5.90. The summed E-state index contributed by atoms with van der Waals surface area (Å²) < 4.78 is 26.4. The van der Waals surface area contributed by atoms with Gasteiger partial charge in [0.25, 0.3) is 5.92 Å². The Morgan fingerprint density at radius 3 is 2.06 bits per heavy atom. The molecular formula is C16H26F2. The molecule has 0 spiro atoms. The average Bonchev–Trinajstić information content (AvgIpc) is 2.29. The van der Waals surface area contributed by atoms with Gasteiger partial charge in [0.15, 0.2) is 0 Å². The maximum absolute atomic E-state index is 13.2. The van der Waals surface area contributed by atoms with E-state index in [2.05, 4.69) is 20.8 Å². The van der Waals surface area contributed by atoms with Crippen molar-refractivity contribution in [3.63, 3.8) is 0 Å². The highest BCUT2D eigenvalue weighted by atomic mass is 19.3. The zero-order valence-electron chi connectivity index (χ0n) is 12.1. The quantitative estimate of drug-likeness (QED) is 0.567. The second-order valence-electron chi connectivity index (χ2n) is 5.90. The van der Waals surface area contributed by atoms with Crippen molar-refractivity contribution in [1.82, 2.24) is 0 Å². The Labute approximate surface area is 110 Å². The van der Waals surface area contributed by atoms with Crippen molar-refractivity contribution < 1.29 is 8.78 Å². The molecule has 1 atom stereocenters. The molecule has 1 aliphatic rings. The van der Waals surface area contributed by atoms with Crippen LogP contribution in [0.15, 0.2) is 23.8 Å². The third-order valence-corrected chi connectivity index (χ3v) is 4.14. The van der Waals surface area contributed by atoms with Crippen LogP contribution in [0.2, 0.25) is 0 Å². The Morgan fingerprint density at radius 1 is 1.17 bits per heavy atom. The monoisotopic (exact) mass is 256 g/mol. The van der Waals surface area contributed by atoms with Crippen molar-refractivity contribution in [2.45, 2.75) is 65.7 Å². The first-order chi connectivity index (χ1) is 8.33. The van der Waals surface area contributed by atoms with E-state index >= 15 is 0 Å². The van der Waals surface area contributed by atoms with Crippen LogP contribution in [0.4, 0.5) is 8.78 Å². The third-order valence-electron chi connectivity index (χ3n) is 4.14. The summed E-state index contributed by atoms with van der Waals surface area (Å²) in [6, 6.07) is 0. The molecule has 0 saturated heterocycles. The number of hydrogen-bond donors (Lipinski definition) is 0. The molecular weight excluding hydrogens is 230 g/mol. The van der Waals surface area contributed by atoms with Crippen LogP contribution >= 0.6 is 0 Å². The van der Waals surface area contributed by atoms with Crippen molar-refractivity contribution in [1.29, 1.82) is 0 Å². The molecule has 1 unspecified atom stereocenters. The number of alkyl halides is 2. The molecule has 0 aromatic rings. The molecule has 1 rings (SSSR count). The van der Waals surface area contributed by atoms with Crippen molar-refractivity contribution in [3.05, 3.63) is 23.8 Å². The molecule has 0 aromatic carbocycles. The fraction of sp³-hybridized carbons (Fsp3) is 0.750. The van der Waals surface area contributed by atoms with Crippen molar-refractivity contribution in [2.24, 2.45) is 11.3 Å². The lowest BCUT2D eigenvalue weighted by Crippen LogP contribution is -2.28. The number of allylic oxidation sites excluding steroid dienone is 4. The van der Waals surface area contributed by atoms with Crippen LogP contribution in [-0.4, -0.2) is 5.92 Å². The standard InChI is InChI=1S/C16H26F2/c1-5-11-15(3,12-6-2)13-7-9-14(10-8-13)16(4,17)18/h7,9-10,13H,5-6,8,11-12H2,1-4H3. The van der Waals surface area contributed by atoms with Crippen LogP contribution in [0.1, 0.15) is 59.8 Å². The van der Waals surface area contributed by atoms with Gasteiger partial charge in [-0.15, -0.1) is 0 Å². The van der Waals surface area contributed by atoms with Gasteiger partial charge >= 0.3 is 0 Å². The van der Waals surface area contributed by atoms with E-state index in [-0.39, 0.29) is 11.0 Å². The van der Waals surface area contributed by atoms with E-state index in [9.17, 15) is 8.78 Å². The van der Waals surface area contributed by atoms with E-state index in [1.54, 1.807) is 12.2 Å². The van der Waals surface area contributed by atoms with Crippen LogP contribution in [0.5, 0.6) is 0 Å². The van der Waals surface area contributed by atoms with Gasteiger partial charge in [0.05, 0.1) is 0 Å². The summed E-state index contributed by atoms with van der Waals surface area (Å²) in [5, 5.41) is 0. The maximum atomic E-state index is 13.2. The van der Waals surface area contributed by atoms with E-state index in [4.69, 9.17) is 0 Å². The summed E-state index contributed by atoms with van der Waals surface area (Å²) >= 11 is 0. The highest BCUT2D eigenvalue weighted by Gasteiger charge is 2.34. The highest BCUT2D eigenvalue weighted by Crippen LogP contribution is 2.43. The fourth-order valence-electron chi connectivity index (χ4n) is 3.10. The molecule has 0 N–H and O–H groups in total. The van der Waals surface area contributed by atoms with Crippen LogP contribution in [0.25, 0.3) is 0 Å². The van der Waals surface area contributed by atoms with Crippen LogP contribution in [0.3, 0.4) is 0 Å². The first-order valence-corrected chi connectivity index (χ1v) is 7.10. The smallest absolute Gasteiger partial charge is 0.202 e. The largest absolute Gasteiger partial charge is 0.270 e. The van der Waals surface area contributed by atoms with Gasteiger partial charge in [-0.25, -0.2) is 8.78 Å². The Hall–Kier alpha value is -0.660. The highest BCUT2D eigenvalue weighted by molar-refractivity contribution is 5.30. The molecule has 0 heterocycles. The summed E-state index contributed by atoms with van der Waals surface area (Å²) in [6.45, 7) is 7.67. The predicted octanol–water partition coefficient (Wildman–Crippen LogP) is 5.75. The van der Waals surface area contributed by atoms with Gasteiger partial charge in [-0.05, 0) is 30.6 Å². The average molecular weight is 256 g/mol. The molecule has 18 heavy (non-hydrogen) atoms. The lowest BCUT2D eigenvalue weighted by molar-refractivity contribution is 0.0656. The Balaban J connectivity index is 2.77. The third kappa shape index (κ3) is 3.66. The zero-order valence-corrected chi connectivity index (χ0v) is 12.1. The molecule has 1 aliphatic carbocycles. The summed E-state index contributed by atoms with van der Waals surface area (Å²) in [5.41, 5.74) is 0.430. The molecule has 0 amide bonds. The molecule has 0 radical (unpaired) electrons. The van der Waals surface area contributed by atoms with Crippen molar-refractivity contribution in [3.8, 4) is 0 Å². The van der Waals surface area contributed by atoms with E-state index < -0.39 is 5.92 Å². The van der Waals surface area contributed by atoms with E-state index in [0.29, 0.717) is 5.92 Å². The van der Waals surface area contributed by atoms with Gasteiger partial charge < -0.3 is 0 Å². The first kappa shape index (κ1) is 15.4. The number of halogens is 2. The number of hydrogen-bond acceptors (Lipinski definition) is 0. The van der Waals surface area contributed by atoms with Gasteiger partial charge in [0.2, 0.25) is 0 Å². The minimum Gasteiger partial charge on any atom is -0.202 e. The fourth-order valence-corrected chi connectivity index (χ4v) is 3.10. The van der Waals surface area contributed by atoms with Gasteiger partial charge in [-0.1, -0.05) is 51.8 Å². The van der Waals surface area contributed by atoms with Gasteiger partial charge in [0, 0.05) is 12.5 Å². The normalized spacial score (nSPS) is 21.0. The van der Waals surface area contributed by atoms with Gasteiger partial charge in [0.1, 0.15) is 0 Å². The van der Waals surface area contributed by atoms with E-state index in [1.807, 2.05) is 6.08 Å². The molecule has 0 fully saturated rings. The van der Waals surface area contributed by atoms with E-state index in [0.717, 1.165) is 26.2 Å². The van der Waals surface area contributed by atoms with E-state index in [1.165, 1.54) is 12.8 Å². The summed E-state index contributed by atoms with van der Waals surface area (Å²) in [5.74, 6) is -2.29. The topological polar surface area (TPSA) is 0 Å². The molecule has 0 bridgehead atoms. The summed E-state index contributed by atoms with van der Waals surface area (Å²) in [6.07, 6.45) is 10.8. The summed E-state index contributed by atoms with van der Waals surface area (Å²) in [4.78, 5) is 0. The van der Waals surface area contributed by atoms with Gasteiger partial charge in [-0.2, -0.15) is 0 Å². The second kappa shape index (κ2) is 5.99. The maximum Gasteiger partial charge on any atom is 0.270 e. The lowest BCUT2D eigenvalue weighted by atomic mass is 9.68. The lowest BCUT2D eigenvalue weighted by Gasteiger charge is -2.37. The Morgan fingerprint density at radius 2 is 1.72 bits per heavy atom. The van der Waals surface area contributed by atoms with Gasteiger partial charge in [-0.3, -0.25) is 0 Å². The molecule has 0 aliphatic heterocycles. The number of rotatable bonds is 6. The SMILES string of the molecule is CCCC(C)(CCC)C1C=CC(C(C)(F)F)=CC1. The molecule has 104 valence electrons. The van der Waals surface area contributed by atoms with Crippen molar-refractivity contribution in [2.75, 3.05) is 0 Å². The molecule has 0 aromatic heterocycles. The van der Waals surface area contributed by atoms with Crippen LogP contribution in [-0.2, 0) is 0 Å².